The molecule has 3 rings (SSSR count). The number of benzene rings is 2. The summed E-state index contributed by atoms with van der Waals surface area (Å²) in [7, 11) is 0. The van der Waals surface area contributed by atoms with Gasteiger partial charge in [-0.3, -0.25) is 4.98 Å². The van der Waals surface area contributed by atoms with Crippen molar-refractivity contribution < 1.29 is 9.13 Å². The van der Waals surface area contributed by atoms with Crippen molar-refractivity contribution in [2.45, 2.75) is 6.61 Å². The lowest BCUT2D eigenvalue weighted by Gasteiger charge is -2.11. The average Bonchev–Trinajstić information content (AvgIpc) is 2.45. The van der Waals surface area contributed by atoms with E-state index in [9.17, 15) is 4.39 Å². The van der Waals surface area contributed by atoms with Crippen LogP contribution in [0, 0.1) is 5.82 Å². The van der Waals surface area contributed by atoms with E-state index in [0.717, 1.165) is 10.9 Å². The summed E-state index contributed by atoms with van der Waals surface area (Å²) in [6, 6.07) is 9.17. The highest BCUT2D eigenvalue weighted by molar-refractivity contribution is 6.38. The fourth-order valence-corrected chi connectivity index (χ4v) is 2.96. The van der Waals surface area contributed by atoms with Crippen LogP contribution in [-0.4, -0.2) is 4.98 Å². The molecule has 0 unspecified atom stereocenters. The fraction of sp³-hybridized carbons (Fsp3) is 0.0625. The first-order valence-corrected chi connectivity index (χ1v) is 7.48. The number of ether oxygens (including phenoxy) is 1. The Morgan fingerprint density at radius 2 is 1.82 bits per heavy atom. The monoisotopic (exact) mass is 355 g/mol. The largest absolute Gasteiger partial charge is 0.487 e. The molecule has 22 heavy (non-hydrogen) atoms. The van der Waals surface area contributed by atoms with Crippen molar-refractivity contribution in [2.24, 2.45) is 0 Å². The van der Waals surface area contributed by atoms with Gasteiger partial charge in [-0.2, -0.15) is 0 Å². The maximum Gasteiger partial charge on any atom is 0.138 e. The molecule has 2 aromatic carbocycles. The topological polar surface area (TPSA) is 22.1 Å². The maximum absolute atomic E-state index is 13.0. The quantitative estimate of drug-likeness (QED) is 0.581. The van der Waals surface area contributed by atoms with Gasteiger partial charge in [-0.1, -0.05) is 34.8 Å². The predicted molar refractivity (Wildman–Crippen MR) is 87.5 cm³/mol. The number of aromatic nitrogens is 1. The van der Waals surface area contributed by atoms with Crippen LogP contribution in [0.2, 0.25) is 15.1 Å². The van der Waals surface area contributed by atoms with Gasteiger partial charge < -0.3 is 4.74 Å². The van der Waals surface area contributed by atoms with Crippen molar-refractivity contribution in [3.63, 3.8) is 0 Å². The number of nitrogens with zero attached hydrogens (tertiary/aromatic N) is 1. The summed E-state index contributed by atoms with van der Waals surface area (Å²) in [5.74, 6) is -0.0116. The summed E-state index contributed by atoms with van der Waals surface area (Å²) >= 11 is 18.2. The molecule has 0 N–H and O–H groups in total. The van der Waals surface area contributed by atoms with E-state index < -0.39 is 5.82 Å². The van der Waals surface area contributed by atoms with Crippen LogP contribution in [0.25, 0.3) is 10.9 Å². The van der Waals surface area contributed by atoms with E-state index in [2.05, 4.69) is 4.98 Å². The van der Waals surface area contributed by atoms with Gasteiger partial charge in [0.05, 0.1) is 15.6 Å². The molecule has 0 aliphatic carbocycles. The van der Waals surface area contributed by atoms with Gasteiger partial charge in [-0.05, 0) is 36.4 Å². The van der Waals surface area contributed by atoms with E-state index in [4.69, 9.17) is 39.5 Å². The van der Waals surface area contributed by atoms with E-state index in [0.29, 0.717) is 21.3 Å². The van der Waals surface area contributed by atoms with Crippen molar-refractivity contribution in [3.05, 3.63) is 69.0 Å². The summed E-state index contributed by atoms with van der Waals surface area (Å²) in [5.41, 5.74) is 1.52. The Kier molecular flexibility index (Phi) is 4.39. The Balaban J connectivity index is 1.94. The molecule has 0 radical (unpaired) electrons. The molecule has 0 atom stereocenters. The van der Waals surface area contributed by atoms with Crippen LogP contribution in [0.1, 0.15) is 5.56 Å². The zero-order chi connectivity index (χ0) is 15.7. The normalized spacial score (nSPS) is 10.9. The van der Waals surface area contributed by atoms with E-state index in [1.165, 1.54) is 18.2 Å². The van der Waals surface area contributed by atoms with Gasteiger partial charge in [-0.25, -0.2) is 4.39 Å². The zero-order valence-corrected chi connectivity index (χ0v) is 13.4. The lowest BCUT2D eigenvalue weighted by Crippen LogP contribution is -1.98. The van der Waals surface area contributed by atoms with Crippen molar-refractivity contribution >= 4 is 45.7 Å². The number of halogens is 4. The van der Waals surface area contributed by atoms with Gasteiger partial charge >= 0.3 is 0 Å². The summed E-state index contributed by atoms with van der Waals surface area (Å²) in [6.07, 6.45) is 1.65. The van der Waals surface area contributed by atoms with Gasteiger partial charge in [0.1, 0.15) is 18.2 Å². The van der Waals surface area contributed by atoms with E-state index >= 15 is 0 Å². The second-order valence-corrected chi connectivity index (χ2v) is 5.87. The van der Waals surface area contributed by atoms with Crippen LogP contribution in [-0.2, 0) is 6.61 Å². The number of fused-ring (bicyclic) bond motifs is 1. The maximum atomic E-state index is 13.0. The van der Waals surface area contributed by atoms with Gasteiger partial charge in [-0.15, -0.1) is 0 Å². The first kappa shape index (κ1) is 15.3. The Bertz CT molecular complexity index is 854. The van der Waals surface area contributed by atoms with Crippen LogP contribution in [0.5, 0.6) is 5.75 Å². The Hall–Kier alpha value is -1.55. The molecule has 112 valence electrons. The Morgan fingerprint density at radius 3 is 2.59 bits per heavy atom. The van der Waals surface area contributed by atoms with Crippen molar-refractivity contribution in [1.29, 1.82) is 0 Å². The molecule has 0 aliphatic heterocycles. The first-order valence-electron chi connectivity index (χ1n) is 6.35. The summed E-state index contributed by atoms with van der Waals surface area (Å²) in [4.78, 5) is 4.25. The molecule has 3 aromatic rings. The third kappa shape index (κ3) is 3.12. The second kappa shape index (κ2) is 6.29. The zero-order valence-electron chi connectivity index (χ0n) is 11.1. The smallest absolute Gasteiger partial charge is 0.138 e. The summed E-state index contributed by atoms with van der Waals surface area (Å²) in [5, 5.41) is 2.00. The van der Waals surface area contributed by atoms with Crippen LogP contribution in [0.15, 0.2) is 42.6 Å². The molecule has 0 amide bonds. The molecular weight excluding hydrogens is 348 g/mol. The average molecular weight is 357 g/mol. The third-order valence-corrected chi connectivity index (χ3v) is 3.93. The Morgan fingerprint density at radius 1 is 1.00 bits per heavy atom. The first-order chi connectivity index (χ1) is 10.5. The standard InChI is InChI=1S/C16H9Cl3FNO/c17-10-5-13(19)16-9(3-4-21-14(16)6-10)8-22-15-2-1-11(20)7-12(15)18/h1-7H,8H2. The predicted octanol–water partition coefficient (Wildman–Crippen LogP) is 5.91. The van der Waals surface area contributed by atoms with Crippen molar-refractivity contribution in [3.8, 4) is 5.75 Å². The van der Waals surface area contributed by atoms with Crippen LogP contribution < -0.4 is 4.74 Å². The van der Waals surface area contributed by atoms with Crippen molar-refractivity contribution in [2.75, 3.05) is 0 Å². The minimum absolute atomic E-state index is 0.215. The SMILES string of the molecule is Fc1ccc(OCc2ccnc3cc(Cl)cc(Cl)c23)c(Cl)c1. The van der Waals surface area contributed by atoms with Gasteiger partial charge in [0, 0.05) is 22.2 Å². The van der Waals surface area contributed by atoms with Crippen LogP contribution in [0.4, 0.5) is 4.39 Å². The number of pyridine rings is 1. The van der Waals surface area contributed by atoms with E-state index in [-0.39, 0.29) is 11.6 Å². The molecule has 0 spiro atoms. The fourth-order valence-electron chi connectivity index (χ4n) is 2.14. The highest BCUT2D eigenvalue weighted by atomic mass is 35.5. The molecule has 2 nitrogen and oxygen atoms in total. The molecule has 0 aliphatic rings. The summed E-state index contributed by atoms with van der Waals surface area (Å²) < 4.78 is 18.7. The van der Waals surface area contributed by atoms with E-state index in [1.54, 1.807) is 24.4 Å². The van der Waals surface area contributed by atoms with E-state index in [1.807, 2.05) is 0 Å². The number of rotatable bonds is 3. The molecule has 1 heterocycles. The molecule has 6 heteroatoms. The number of hydrogen-bond acceptors (Lipinski definition) is 2. The van der Waals surface area contributed by atoms with Crippen LogP contribution in [0.3, 0.4) is 0 Å². The second-order valence-electron chi connectivity index (χ2n) is 4.62. The molecule has 1 aromatic heterocycles. The molecule has 0 saturated heterocycles. The highest BCUT2D eigenvalue weighted by Crippen LogP contribution is 2.31. The highest BCUT2D eigenvalue weighted by Gasteiger charge is 2.10. The summed E-state index contributed by atoms with van der Waals surface area (Å²) in [6.45, 7) is 0.228. The molecule has 0 saturated carbocycles. The van der Waals surface area contributed by atoms with Crippen molar-refractivity contribution in [1.82, 2.24) is 4.98 Å². The lowest BCUT2D eigenvalue weighted by molar-refractivity contribution is 0.307. The third-order valence-electron chi connectivity index (χ3n) is 3.12. The van der Waals surface area contributed by atoms with Crippen LogP contribution >= 0.6 is 34.8 Å². The van der Waals surface area contributed by atoms with Gasteiger partial charge in [0.15, 0.2) is 0 Å². The number of hydrogen-bond donors (Lipinski definition) is 0. The molecular formula is C16H9Cl3FNO. The minimum atomic E-state index is -0.413. The molecule has 0 bridgehead atoms. The Labute approximate surface area is 141 Å². The minimum Gasteiger partial charge on any atom is -0.487 e. The van der Waals surface area contributed by atoms with Gasteiger partial charge in [0.25, 0.3) is 0 Å². The lowest BCUT2D eigenvalue weighted by atomic mass is 10.1. The van der Waals surface area contributed by atoms with Gasteiger partial charge in [0.2, 0.25) is 0 Å². The molecule has 0 fully saturated rings.